The zero-order valence-corrected chi connectivity index (χ0v) is 14.6. The van der Waals surface area contributed by atoms with E-state index in [-0.39, 0.29) is 18.1 Å². The number of fused-ring (bicyclic) bond motifs is 1. The van der Waals surface area contributed by atoms with Crippen molar-refractivity contribution >= 4 is 27.5 Å². The summed E-state index contributed by atoms with van der Waals surface area (Å²) in [5.74, 6) is 1.36. The van der Waals surface area contributed by atoms with Crippen LogP contribution in [-0.2, 0) is 4.79 Å². The first-order valence-electron chi connectivity index (χ1n) is 7.46. The Balaban J connectivity index is 2.21. The van der Waals surface area contributed by atoms with Gasteiger partial charge in [0.05, 0.1) is 10.6 Å². The number of nitrogens with one attached hydrogen (secondary N) is 2. The van der Waals surface area contributed by atoms with E-state index >= 15 is 0 Å². The molecule has 0 bridgehead atoms. The number of halogens is 1. The van der Waals surface area contributed by atoms with E-state index in [1.54, 1.807) is 0 Å². The molecule has 5 heteroatoms. The van der Waals surface area contributed by atoms with Crippen LogP contribution < -0.4 is 15.4 Å². The minimum atomic E-state index is -0.275. The summed E-state index contributed by atoms with van der Waals surface area (Å²) in [7, 11) is 0. The first kappa shape index (κ1) is 16.3. The van der Waals surface area contributed by atoms with Crippen molar-refractivity contribution in [1.29, 1.82) is 0 Å². The van der Waals surface area contributed by atoms with Gasteiger partial charge in [-0.15, -0.1) is 0 Å². The normalized spacial score (nSPS) is 18.6. The van der Waals surface area contributed by atoms with Crippen molar-refractivity contribution in [1.82, 2.24) is 5.32 Å². The average Bonchev–Trinajstić information content (AvgIpc) is 2.66. The molecule has 21 heavy (non-hydrogen) atoms. The maximum Gasteiger partial charge on any atom is 0.246 e. The average molecular weight is 355 g/mol. The highest BCUT2D eigenvalue weighted by molar-refractivity contribution is 9.10. The quantitative estimate of drug-likeness (QED) is 0.815. The minimum Gasteiger partial charge on any atom is -0.489 e. The van der Waals surface area contributed by atoms with Gasteiger partial charge < -0.3 is 15.4 Å². The van der Waals surface area contributed by atoms with Crippen LogP contribution in [0.2, 0.25) is 0 Å². The second-order valence-corrected chi connectivity index (χ2v) is 6.76. The summed E-state index contributed by atoms with van der Waals surface area (Å²) in [6, 6.07) is 3.60. The molecule has 4 nitrogen and oxygen atoms in total. The highest BCUT2D eigenvalue weighted by Gasteiger charge is 2.31. The number of anilines is 1. The van der Waals surface area contributed by atoms with Gasteiger partial charge in [-0.05, 0) is 47.8 Å². The van der Waals surface area contributed by atoms with Crippen LogP contribution >= 0.6 is 15.9 Å². The summed E-state index contributed by atoms with van der Waals surface area (Å²) >= 11 is 3.55. The number of ether oxygens (including phenoxy) is 1. The minimum absolute atomic E-state index is 0.00821. The van der Waals surface area contributed by atoms with E-state index in [0.29, 0.717) is 5.92 Å². The Morgan fingerprint density at radius 2 is 2.10 bits per heavy atom. The molecule has 2 atom stereocenters. The largest absolute Gasteiger partial charge is 0.489 e. The summed E-state index contributed by atoms with van der Waals surface area (Å²) in [5, 5.41) is 6.10. The molecule has 2 unspecified atom stereocenters. The molecule has 0 fully saturated rings. The summed E-state index contributed by atoms with van der Waals surface area (Å²) in [6.45, 7) is 9.17. The van der Waals surface area contributed by atoms with E-state index in [2.05, 4.69) is 47.3 Å². The van der Waals surface area contributed by atoms with Crippen LogP contribution in [0.4, 0.5) is 5.69 Å². The monoisotopic (exact) mass is 354 g/mol. The molecule has 1 heterocycles. The molecule has 0 spiro atoms. The Morgan fingerprint density at radius 1 is 1.38 bits per heavy atom. The van der Waals surface area contributed by atoms with Gasteiger partial charge in [0.1, 0.15) is 11.8 Å². The van der Waals surface area contributed by atoms with Crippen LogP contribution in [-0.4, -0.2) is 18.6 Å². The lowest BCUT2D eigenvalue weighted by atomic mass is 10.1. The van der Waals surface area contributed by atoms with E-state index in [1.807, 2.05) is 19.1 Å². The molecule has 0 radical (unpaired) electrons. The summed E-state index contributed by atoms with van der Waals surface area (Å²) in [4.78, 5) is 12.0. The van der Waals surface area contributed by atoms with E-state index in [4.69, 9.17) is 4.74 Å². The number of carbonyl (C=O) groups is 1. The molecule has 2 N–H and O–H groups in total. The number of carbonyl (C=O) groups excluding carboxylic acids is 1. The third-order valence-corrected chi connectivity index (χ3v) is 4.09. The number of amides is 1. The lowest BCUT2D eigenvalue weighted by molar-refractivity contribution is -0.117. The summed E-state index contributed by atoms with van der Waals surface area (Å²) in [5.41, 5.74) is 1.80. The Bertz CT molecular complexity index is 531. The molecular weight excluding hydrogens is 332 g/mol. The van der Waals surface area contributed by atoms with Crippen molar-refractivity contribution < 1.29 is 9.53 Å². The zero-order chi connectivity index (χ0) is 15.6. The predicted molar refractivity (Wildman–Crippen MR) is 88.7 cm³/mol. The lowest BCUT2D eigenvalue weighted by Gasteiger charge is -2.18. The van der Waals surface area contributed by atoms with Crippen molar-refractivity contribution in [2.45, 2.75) is 46.3 Å². The third kappa shape index (κ3) is 3.77. The highest BCUT2D eigenvalue weighted by atomic mass is 79.9. The molecule has 2 rings (SSSR count). The Morgan fingerprint density at radius 3 is 2.71 bits per heavy atom. The highest BCUT2D eigenvalue weighted by Crippen LogP contribution is 2.39. The van der Waals surface area contributed by atoms with Gasteiger partial charge in [-0.1, -0.05) is 20.8 Å². The van der Waals surface area contributed by atoms with Gasteiger partial charge in [0.25, 0.3) is 0 Å². The second-order valence-electron chi connectivity index (χ2n) is 5.91. The molecule has 1 aliphatic heterocycles. The molecule has 1 aliphatic rings. The van der Waals surface area contributed by atoms with Gasteiger partial charge in [-0.2, -0.15) is 0 Å². The van der Waals surface area contributed by atoms with Crippen LogP contribution in [0, 0.1) is 5.92 Å². The van der Waals surface area contributed by atoms with Crippen LogP contribution in [0.1, 0.15) is 45.7 Å². The molecule has 116 valence electrons. The molecule has 0 saturated heterocycles. The van der Waals surface area contributed by atoms with Gasteiger partial charge >= 0.3 is 0 Å². The van der Waals surface area contributed by atoms with E-state index < -0.39 is 0 Å². The summed E-state index contributed by atoms with van der Waals surface area (Å²) in [6.07, 6.45) is 1.14. The molecule has 0 aliphatic carbocycles. The van der Waals surface area contributed by atoms with Crippen molar-refractivity contribution in [2.75, 3.05) is 11.9 Å². The van der Waals surface area contributed by atoms with Crippen LogP contribution in [0.5, 0.6) is 5.75 Å². The number of benzene rings is 1. The van der Waals surface area contributed by atoms with Crippen LogP contribution in [0.15, 0.2) is 16.6 Å². The smallest absolute Gasteiger partial charge is 0.246 e. The van der Waals surface area contributed by atoms with Crippen molar-refractivity contribution in [3.05, 3.63) is 22.2 Å². The SMILES string of the molecule is CCNC1C(=O)Nc2cc(OC(C)CC(C)C)c(Br)cc21. The Kier molecular flexibility index (Phi) is 5.27. The standard InChI is InChI=1S/C16H23BrN2O2/c1-5-18-15-11-7-12(17)14(8-13(11)19-16(15)20)21-10(4)6-9(2)3/h7-10,15,18H,5-6H2,1-4H3,(H,19,20). The Labute approximate surface area is 134 Å². The lowest BCUT2D eigenvalue weighted by Crippen LogP contribution is -2.27. The van der Waals surface area contributed by atoms with Crippen molar-refractivity contribution in [3.63, 3.8) is 0 Å². The van der Waals surface area contributed by atoms with Crippen LogP contribution in [0.3, 0.4) is 0 Å². The van der Waals surface area contributed by atoms with Crippen molar-refractivity contribution in [3.8, 4) is 5.75 Å². The van der Waals surface area contributed by atoms with Gasteiger partial charge in [0.2, 0.25) is 5.91 Å². The van der Waals surface area contributed by atoms with Crippen LogP contribution in [0.25, 0.3) is 0 Å². The molecule has 1 aromatic rings. The van der Waals surface area contributed by atoms with E-state index in [1.165, 1.54) is 0 Å². The third-order valence-electron chi connectivity index (χ3n) is 3.47. The Hall–Kier alpha value is -1.07. The number of hydrogen-bond donors (Lipinski definition) is 2. The van der Waals surface area contributed by atoms with Gasteiger partial charge in [-0.25, -0.2) is 0 Å². The second kappa shape index (κ2) is 6.79. The fourth-order valence-electron chi connectivity index (χ4n) is 2.69. The zero-order valence-electron chi connectivity index (χ0n) is 13.0. The molecular formula is C16H23BrN2O2. The maximum atomic E-state index is 12.0. The van der Waals surface area contributed by atoms with Gasteiger partial charge in [0.15, 0.2) is 0 Å². The first-order valence-corrected chi connectivity index (χ1v) is 8.26. The number of hydrogen-bond acceptors (Lipinski definition) is 3. The van der Waals surface area contributed by atoms with E-state index in [9.17, 15) is 4.79 Å². The molecule has 1 amide bonds. The van der Waals surface area contributed by atoms with Gasteiger partial charge in [0, 0.05) is 17.3 Å². The first-order chi connectivity index (χ1) is 9.92. The maximum absolute atomic E-state index is 12.0. The van der Waals surface area contributed by atoms with E-state index in [0.717, 1.165) is 34.4 Å². The van der Waals surface area contributed by atoms with Gasteiger partial charge in [-0.3, -0.25) is 4.79 Å². The predicted octanol–water partition coefficient (Wildman–Crippen LogP) is 3.87. The molecule has 1 aromatic carbocycles. The topological polar surface area (TPSA) is 50.4 Å². The fourth-order valence-corrected chi connectivity index (χ4v) is 3.14. The molecule has 0 saturated carbocycles. The molecule has 0 aromatic heterocycles. The summed E-state index contributed by atoms with van der Waals surface area (Å²) < 4.78 is 6.88. The number of likely N-dealkylation sites (N-methyl/N-ethyl adjacent to an activating group) is 1. The fraction of sp³-hybridized carbons (Fsp3) is 0.562. The van der Waals surface area contributed by atoms with Crippen molar-refractivity contribution in [2.24, 2.45) is 5.92 Å². The number of rotatable bonds is 6.